The van der Waals surface area contributed by atoms with Gasteiger partial charge in [-0.3, -0.25) is 0 Å². The van der Waals surface area contributed by atoms with E-state index in [-0.39, 0.29) is 6.10 Å². The molecule has 14 heavy (non-hydrogen) atoms. The first-order valence-corrected chi connectivity index (χ1v) is 4.86. The van der Waals surface area contributed by atoms with Crippen LogP contribution in [0, 0.1) is 0 Å². The van der Waals surface area contributed by atoms with Crippen LogP contribution < -0.4 is 0 Å². The lowest BCUT2D eigenvalue weighted by molar-refractivity contribution is 0.150. The van der Waals surface area contributed by atoms with Gasteiger partial charge in [-0.25, -0.2) is 0 Å². The van der Waals surface area contributed by atoms with Crippen LogP contribution in [0.15, 0.2) is 48.6 Å². The van der Waals surface area contributed by atoms with Gasteiger partial charge in [0.15, 0.2) is 0 Å². The molecule has 1 aromatic rings. The maximum atomic E-state index is 5.50. The minimum Gasteiger partial charge on any atom is -0.369 e. The minimum absolute atomic E-state index is 0.225. The van der Waals surface area contributed by atoms with Crippen LogP contribution in [0.5, 0.6) is 0 Å². The Labute approximate surface area is 84.7 Å². The summed E-state index contributed by atoms with van der Waals surface area (Å²) >= 11 is 0. The third-order valence-corrected chi connectivity index (χ3v) is 2.29. The predicted molar refractivity (Wildman–Crippen MR) is 59.0 cm³/mol. The van der Waals surface area contributed by atoms with E-state index >= 15 is 0 Å². The second-order valence-electron chi connectivity index (χ2n) is 3.57. The molecule has 1 heterocycles. The van der Waals surface area contributed by atoms with Crippen molar-refractivity contribution in [2.75, 3.05) is 6.61 Å². The molecule has 0 aliphatic carbocycles. The smallest absolute Gasteiger partial charge is 0.0801 e. The van der Waals surface area contributed by atoms with Crippen molar-refractivity contribution in [1.29, 1.82) is 0 Å². The van der Waals surface area contributed by atoms with Gasteiger partial charge >= 0.3 is 0 Å². The number of ether oxygens (including phenoxy) is 1. The topological polar surface area (TPSA) is 9.23 Å². The van der Waals surface area contributed by atoms with E-state index in [1.807, 2.05) is 18.2 Å². The molecule has 72 valence electrons. The number of hydrogen-bond acceptors (Lipinski definition) is 1. The maximum Gasteiger partial charge on any atom is 0.0801 e. The number of rotatable bonds is 2. The standard InChI is InChI=1S/C13H14O/c1-11-9-13(14-10-11)8-7-12-5-3-2-4-6-12/h2-8,13H,1,9-10H2/b8-7+. The van der Waals surface area contributed by atoms with Crippen molar-refractivity contribution in [2.45, 2.75) is 12.5 Å². The molecule has 0 bridgehead atoms. The summed E-state index contributed by atoms with van der Waals surface area (Å²) in [5.41, 5.74) is 2.40. The fraction of sp³-hybridized carbons (Fsp3) is 0.231. The minimum atomic E-state index is 0.225. The second kappa shape index (κ2) is 4.25. The highest BCUT2D eigenvalue weighted by molar-refractivity contribution is 5.49. The molecule has 0 amide bonds. The third-order valence-electron chi connectivity index (χ3n) is 2.29. The van der Waals surface area contributed by atoms with Gasteiger partial charge in [0.1, 0.15) is 0 Å². The van der Waals surface area contributed by atoms with Gasteiger partial charge in [0, 0.05) is 6.42 Å². The van der Waals surface area contributed by atoms with E-state index in [2.05, 4.69) is 30.9 Å². The van der Waals surface area contributed by atoms with Gasteiger partial charge in [0.2, 0.25) is 0 Å². The molecule has 1 aromatic carbocycles. The van der Waals surface area contributed by atoms with E-state index in [1.165, 1.54) is 11.1 Å². The van der Waals surface area contributed by atoms with Gasteiger partial charge in [-0.05, 0) is 11.1 Å². The first kappa shape index (κ1) is 9.22. The van der Waals surface area contributed by atoms with Crippen LogP contribution >= 0.6 is 0 Å². The molecule has 1 fully saturated rings. The molecular weight excluding hydrogens is 172 g/mol. The van der Waals surface area contributed by atoms with Crippen LogP contribution in [-0.4, -0.2) is 12.7 Å². The summed E-state index contributed by atoms with van der Waals surface area (Å²) in [6, 6.07) is 10.3. The zero-order valence-corrected chi connectivity index (χ0v) is 8.15. The molecule has 1 unspecified atom stereocenters. The fourth-order valence-corrected chi connectivity index (χ4v) is 1.53. The van der Waals surface area contributed by atoms with Crippen LogP contribution in [0.2, 0.25) is 0 Å². The van der Waals surface area contributed by atoms with Crippen LogP contribution in [-0.2, 0) is 4.74 Å². The molecule has 1 saturated heterocycles. The largest absolute Gasteiger partial charge is 0.369 e. The van der Waals surface area contributed by atoms with E-state index in [4.69, 9.17) is 4.74 Å². The van der Waals surface area contributed by atoms with E-state index in [0.29, 0.717) is 6.61 Å². The molecule has 0 N–H and O–H groups in total. The SMILES string of the molecule is C=C1COC(/C=C/c2ccccc2)C1. The lowest BCUT2D eigenvalue weighted by Gasteiger charge is -2.00. The molecule has 1 nitrogen and oxygen atoms in total. The molecule has 2 rings (SSSR count). The number of hydrogen-bond donors (Lipinski definition) is 0. The molecular formula is C13H14O. The predicted octanol–water partition coefficient (Wildman–Crippen LogP) is 3.04. The number of benzene rings is 1. The highest BCUT2D eigenvalue weighted by atomic mass is 16.5. The Balaban J connectivity index is 1.97. The third kappa shape index (κ3) is 2.33. The molecule has 0 saturated carbocycles. The van der Waals surface area contributed by atoms with Crippen LogP contribution in [0.4, 0.5) is 0 Å². The molecule has 0 aromatic heterocycles. The van der Waals surface area contributed by atoms with Gasteiger partial charge in [-0.15, -0.1) is 0 Å². The summed E-state index contributed by atoms with van der Waals surface area (Å²) in [7, 11) is 0. The Hall–Kier alpha value is -1.34. The molecule has 0 radical (unpaired) electrons. The Morgan fingerprint density at radius 1 is 1.29 bits per heavy atom. The summed E-state index contributed by atoms with van der Waals surface area (Å²) in [4.78, 5) is 0. The van der Waals surface area contributed by atoms with Crippen LogP contribution in [0.25, 0.3) is 6.08 Å². The van der Waals surface area contributed by atoms with Crippen LogP contribution in [0.3, 0.4) is 0 Å². The van der Waals surface area contributed by atoms with Gasteiger partial charge < -0.3 is 4.74 Å². The average Bonchev–Trinajstić information content (AvgIpc) is 2.63. The fourth-order valence-electron chi connectivity index (χ4n) is 1.53. The summed E-state index contributed by atoms with van der Waals surface area (Å²) in [5.74, 6) is 0. The summed E-state index contributed by atoms with van der Waals surface area (Å²) < 4.78 is 5.50. The zero-order valence-electron chi connectivity index (χ0n) is 8.15. The van der Waals surface area contributed by atoms with Crippen LogP contribution in [0.1, 0.15) is 12.0 Å². The maximum absolute atomic E-state index is 5.50. The summed E-state index contributed by atoms with van der Waals surface area (Å²) in [5, 5.41) is 0. The lowest BCUT2D eigenvalue weighted by Crippen LogP contribution is -1.98. The van der Waals surface area contributed by atoms with Crippen molar-refractivity contribution in [2.24, 2.45) is 0 Å². The molecule has 1 aliphatic rings. The molecule has 1 heteroatoms. The highest BCUT2D eigenvalue weighted by Crippen LogP contribution is 2.18. The van der Waals surface area contributed by atoms with E-state index in [1.54, 1.807) is 0 Å². The monoisotopic (exact) mass is 186 g/mol. The van der Waals surface area contributed by atoms with Crippen molar-refractivity contribution in [3.63, 3.8) is 0 Å². The van der Waals surface area contributed by atoms with Gasteiger partial charge in [-0.2, -0.15) is 0 Å². The van der Waals surface area contributed by atoms with Crippen molar-refractivity contribution in [3.8, 4) is 0 Å². The highest BCUT2D eigenvalue weighted by Gasteiger charge is 2.14. The Morgan fingerprint density at radius 2 is 2.07 bits per heavy atom. The molecule has 1 aliphatic heterocycles. The van der Waals surface area contributed by atoms with E-state index in [9.17, 15) is 0 Å². The normalized spacial score (nSPS) is 22.0. The van der Waals surface area contributed by atoms with Crippen molar-refractivity contribution >= 4 is 6.08 Å². The van der Waals surface area contributed by atoms with Gasteiger partial charge in [0.05, 0.1) is 12.7 Å². The Kier molecular flexibility index (Phi) is 2.80. The quantitative estimate of drug-likeness (QED) is 0.645. The van der Waals surface area contributed by atoms with Crippen molar-refractivity contribution in [3.05, 3.63) is 54.1 Å². The Morgan fingerprint density at radius 3 is 2.71 bits per heavy atom. The van der Waals surface area contributed by atoms with E-state index in [0.717, 1.165) is 6.42 Å². The first-order valence-electron chi connectivity index (χ1n) is 4.86. The molecule has 0 spiro atoms. The average molecular weight is 186 g/mol. The van der Waals surface area contributed by atoms with Gasteiger partial charge in [0.25, 0.3) is 0 Å². The van der Waals surface area contributed by atoms with Crippen molar-refractivity contribution in [1.82, 2.24) is 0 Å². The van der Waals surface area contributed by atoms with E-state index < -0.39 is 0 Å². The summed E-state index contributed by atoms with van der Waals surface area (Å²) in [6.45, 7) is 4.61. The summed E-state index contributed by atoms with van der Waals surface area (Å²) in [6.07, 6.45) is 5.39. The molecule has 1 atom stereocenters. The van der Waals surface area contributed by atoms with Gasteiger partial charge in [-0.1, -0.05) is 49.1 Å². The lowest BCUT2D eigenvalue weighted by atomic mass is 10.1. The first-order chi connectivity index (χ1) is 6.84. The zero-order chi connectivity index (χ0) is 9.80. The second-order valence-corrected chi connectivity index (χ2v) is 3.57. The Bertz CT molecular complexity index is 338. The van der Waals surface area contributed by atoms with Crippen molar-refractivity contribution < 1.29 is 4.74 Å².